The van der Waals surface area contributed by atoms with Crippen molar-refractivity contribution in [1.82, 2.24) is 9.97 Å². The molecule has 4 N–H and O–H groups in total. The maximum absolute atomic E-state index is 6.08. The van der Waals surface area contributed by atoms with Gasteiger partial charge in [-0.25, -0.2) is 4.98 Å². The van der Waals surface area contributed by atoms with Gasteiger partial charge < -0.3 is 16.4 Å². The molecule has 1 spiro atoms. The van der Waals surface area contributed by atoms with Gasteiger partial charge in [0.15, 0.2) is 0 Å². The van der Waals surface area contributed by atoms with Gasteiger partial charge in [0.05, 0.1) is 5.69 Å². The Morgan fingerprint density at radius 1 is 1.10 bits per heavy atom. The highest BCUT2D eigenvalue weighted by Gasteiger charge is 2.42. The van der Waals surface area contributed by atoms with Gasteiger partial charge in [-0.1, -0.05) is 12.8 Å². The second kappa shape index (κ2) is 4.83. The van der Waals surface area contributed by atoms with E-state index in [-0.39, 0.29) is 6.04 Å². The molecule has 1 aliphatic heterocycles. The molecule has 3 aliphatic rings. The predicted octanol–water partition coefficient (Wildman–Crippen LogP) is 1.74. The van der Waals surface area contributed by atoms with E-state index in [1.165, 1.54) is 49.8 Å². The molecule has 0 aromatic carbocycles. The standard InChI is InChI=1S/C16H25N5/c17-11-5-9-21(10-11)14-12-4-3-8-16(6-1-2-7-16)13(12)19-15(18)20-14/h11H,1-10,17H2,(H2,18,19,20)/t11-/m0/s1. The minimum Gasteiger partial charge on any atom is -0.368 e. The van der Waals surface area contributed by atoms with Crippen LogP contribution in [0.25, 0.3) is 0 Å². The summed E-state index contributed by atoms with van der Waals surface area (Å²) in [7, 11) is 0. The highest BCUT2D eigenvalue weighted by Crippen LogP contribution is 2.49. The van der Waals surface area contributed by atoms with Gasteiger partial charge in [-0.2, -0.15) is 4.98 Å². The number of hydrogen-bond acceptors (Lipinski definition) is 5. The SMILES string of the molecule is Nc1nc(N2CC[C@H](N)C2)c2c(n1)C1(CCCC1)CCC2. The van der Waals surface area contributed by atoms with E-state index in [0.29, 0.717) is 11.4 Å². The van der Waals surface area contributed by atoms with Crippen LogP contribution < -0.4 is 16.4 Å². The maximum atomic E-state index is 6.08. The number of hydrogen-bond donors (Lipinski definition) is 2. The monoisotopic (exact) mass is 287 g/mol. The zero-order valence-corrected chi connectivity index (χ0v) is 12.6. The zero-order valence-electron chi connectivity index (χ0n) is 12.6. The average molecular weight is 287 g/mol. The van der Waals surface area contributed by atoms with Crippen molar-refractivity contribution in [1.29, 1.82) is 0 Å². The summed E-state index contributed by atoms with van der Waals surface area (Å²) in [4.78, 5) is 11.6. The van der Waals surface area contributed by atoms with Crippen LogP contribution in [0.2, 0.25) is 0 Å². The molecule has 1 aromatic heterocycles. The molecule has 114 valence electrons. The predicted molar refractivity (Wildman–Crippen MR) is 84.3 cm³/mol. The van der Waals surface area contributed by atoms with E-state index in [2.05, 4.69) is 9.88 Å². The van der Waals surface area contributed by atoms with Crippen molar-refractivity contribution >= 4 is 11.8 Å². The van der Waals surface area contributed by atoms with Crippen molar-refractivity contribution in [2.24, 2.45) is 5.73 Å². The van der Waals surface area contributed by atoms with E-state index in [1.54, 1.807) is 0 Å². The van der Waals surface area contributed by atoms with Gasteiger partial charge in [-0.05, 0) is 38.5 Å². The first kappa shape index (κ1) is 13.3. The summed E-state index contributed by atoms with van der Waals surface area (Å²) in [6, 6.07) is 0.265. The van der Waals surface area contributed by atoms with E-state index in [0.717, 1.165) is 31.7 Å². The van der Waals surface area contributed by atoms with E-state index in [4.69, 9.17) is 16.5 Å². The van der Waals surface area contributed by atoms with Gasteiger partial charge in [0.25, 0.3) is 0 Å². The van der Waals surface area contributed by atoms with Crippen molar-refractivity contribution in [2.75, 3.05) is 23.7 Å². The van der Waals surface area contributed by atoms with Crippen LogP contribution >= 0.6 is 0 Å². The zero-order chi connectivity index (χ0) is 14.4. The lowest BCUT2D eigenvalue weighted by atomic mass is 9.71. The molecule has 5 nitrogen and oxygen atoms in total. The lowest BCUT2D eigenvalue weighted by Crippen LogP contribution is -2.34. The number of aromatic nitrogens is 2. The molecule has 0 bridgehead atoms. The van der Waals surface area contributed by atoms with Crippen LogP contribution in [0.5, 0.6) is 0 Å². The van der Waals surface area contributed by atoms with E-state index in [9.17, 15) is 0 Å². The Hall–Kier alpha value is -1.36. The van der Waals surface area contributed by atoms with Crippen molar-refractivity contribution < 1.29 is 0 Å². The summed E-state index contributed by atoms with van der Waals surface area (Å²) in [6.45, 7) is 1.90. The minimum absolute atomic E-state index is 0.265. The third-order valence-corrected chi connectivity index (χ3v) is 5.67. The molecule has 21 heavy (non-hydrogen) atoms. The molecule has 0 unspecified atom stereocenters. The maximum Gasteiger partial charge on any atom is 0.222 e. The van der Waals surface area contributed by atoms with Gasteiger partial charge in [-0.15, -0.1) is 0 Å². The van der Waals surface area contributed by atoms with E-state index < -0.39 is 0 Å². The van der Waals surface area contributed by atoms with Crippen molar-refractivity contribution in [3.63, 3.8) is 0 Å². The Kier molecular flexibility index (Phi) is 3.06. The number of nitrogen functional groups attached to an aromatic ring is 1. The Morgan fingerprint density at radius 2 is 1.86 bits per heavy atom. The summed E-state index contributed by atoms with van der Waals surface area (Å²) >= 11 is 0. The molecule has 5 heteroatoms. The van der Waals surface area contributed by atoms with Crippen LogP contribution in [0, 0.1) is 0 Å². The van der Waals surface area contributed by atoms with E-state index in [1.807, 2.05) is 0 Å². The smallest absolute Gasteiger partial charge is 0.222 e. The number of fused-ring (bicyclic) bond motifs is 2. The molecule has 0 radical (unpaired) electrons. The van der Waals surface area contributed by atoms with Crippen LogP contribution in [-0.2, 0) is 11.8 Å². The van der Waals surface area contributed by atoms with Crippen LogP contribution in [-0.4, -0.2) is 29.1 Å². The molecule has 1 atom stereocenters. The van der Waals surface area contributed by atoms with Crippen LogP contribution in [0.15, 0.2) is 0 Å². The molecule has 0 amide bonds. The first-order valence-electron chi connectivity index (χ1n) is 8.35. The first-order chi connectivity index (χ1) is 10.2. The quantitative estimate of drug-likeness (QED) is 0.822. The second-order valence-electron chi connectivity index (χ2n) is 7.07. The Morgan fingerprint density at radius 3 is 2.57 bits per heavy atom. The average Bonchev–Trinajstić information content (AvgIpc) is 3.09. The Bertz CT molecular complexity index is 550. The fraction of sp³-hybridized carbons (Fsp3) is 0.750. The Labute approximate surface area is 126 Å². The number of anilines is 2. The summed E-state index contributed by atoms with van der Waals surface area (Å²) in [6.07, 6.45) is 9.87. The van der Waals surface area contributed by atoms with Crippen molar-refractivity contribution in [3.05, 3.63) is 11.3 Å². The fourth-order valence-corrected chi connectivity index (χ4v) is 4.66. The lowest BCUT2D eigenvalue weighted by molar-refractivity contribution is 0.357. The number of rotatable bonds is 1. The molecule has 1 aromatic rings. The largest absolute Gasteiger partial charge is 0.368 e. The highest BCUT2D eigenvalue weighted by atomic mass is 15.2. The molecule has 4 rings (SSSR count). The topological polar surface area (TPSA) is 81.1 Å². The first-order valence-corrected chi connectivity index (χ1v) is 8.35. The highest BCUT2D eigenvalue weighted by molar-refractivity contribution is 5.55. The lowest BCUT2D eigenvalue weighted by Gasteiger charge is -2.36. The molecule has 2 heterocycles. The van der Waals surface area contributed by atoms with Crippen molar-refractivity contribution in [2.45, 2.75) is 62.8 Å². The van der Waals surface area contributed by atoms with Gasteiger partial charge in [0.2, 0.25) is 5.95 Å². The third-order valence-electron chi connectivity index (χ3n) is 5.67. The number of nitrogens with zero attached hydrogens (tertiary/aromatic N) is 3. The van der Waals surface area contributed by atoms with Crippen LogP contribution in [0.4, 0.5) is 11.8 Å². The summed E-state index contributed by atoms with van der Waals surface area (Å²) in [5.41, 5.74) is 15.1. The molecule has 1 saturated carbocycles. The summed E-state index contributed by atoms with van der Waals surface area (Å²) < 4.78 is 0. The Balaban J connectivity index is 1.81. The normalized spacial score (nSPS) is 27.3. The van der Waals surface area contributed by atoms with Crippen molar-refractivity contribution in [3.8, 4) is 0 Å². The molecular formula is C16H25N5. The summed E-state index contributed by atoms with van der Waals surface area (Å²) in [5, 5.41) is 0. The molecule has 2 aliphatic carbocycles. The van der Waals surface area contributed by atoms with Crippen LogP contribution in [0.3, 0.4) is 0 Å². The second-order valence-corrected chi connectivity index (χ2v) is 7.07. The van der Waals surface area contributed by atoms with Crippen LogP contribution in [0.1, 0.15) is 56.2 Å². The van der Waals surface area contributed by atoms with Gasteiger partial charge in [0.1, 0.15) is 5.82 Å². The minimum atomic E-state index is 0.265. The molecular weight excluding hydrogens is 262 g/mol. The van der Waals surface area contributed by atoms with E-state index >= 15 is 0 Å². The fourth-order valence-electron chi connectivity index (χ4n) is 4.66. The molecule has 1 saturated heterocycles. The third kappa shape index (κ3) is 2.09. The molecule has 2 fully saturated rings. The summed E-state index contributed by atoms with van der Waals surface area (Å²) in [5.74, 6) is 1.52. The van der Waals surface area contributed by atoms with Gasteiger partial charge >= 0.3 is 0 Å². The van der Waals surface area contributed by atoms with Gasteiger partial charge in [0, 0.05) is 30.1 Å². The number of nitrogens with two attached hydrogens (primary N) is 2. The van der Waals surface area contributed by atoms with Gasteiger partial charge in [-0.3, -0.25) is 0 Å².